The average molecular weight is 426 g/mol. The number of aromatic nitrogens is 3. The molecule has 8 heteroatoms. The normalized spacial score (nSPS) is 18.6. The maximum Gasteiger partial charge on any atom is 0.343 e. The molecule has 7 nitrogen and oxygen atoms in total. The molecule has 2 N–H and O–H groups in total. The van der Waals surface area contributed by atoms with Gasteiger partial charge in [-0.05, 0) is 29.7 Å². The first-order valence-electron chi connectivity index (χ1n) is 10.1. The maximum atomic E-state index is 12.2. The van der Waals surface area contributed by atoms with E-state index < -0.39 is 0 Å². The van der Waals surface area contributed by atoms with Crippen molar-refractivity contribution in [3.8, 4) is 0 Å². The molecule has 0 spiro atoms. The van der Waals surface area contributed by atoms with Crippen molar-refractivity contribution in [3.63, 3.8) is 0 Å². The molecule has 1 fully saturated rings. The van der Waals surface area contributed by atoms with Gasteiger partial charge in [-0.15, -0.1) is 5.10 Å². The minimum absolute atomic E-state index is 0.0582. The molecule has 0 radical (unpaired) electrons. The Labute approximate surface area is 180 Å². The fourth-order valence-electron chi connectivity index (χ4n) is 3.43. The molecule has 2 atom stereocenters. The first-order chi connectivity index (χ1) is 14.6. The fourth-order valence-corrected chi connectivity index (χ4v) is 4.40. The number of aryl methyl sites for hydroxylation is 1. The van der Waals surface area contributed by atoms with Crippen LogP contribution in [0.2, 0.25) is 0 Å². The minimum atomic E-state index is -0.169. The summed E-state index contributed by atoms with van der Waals surface area (Å²) in [5, 5.41) is 10.9. The van der Waals surface area contributed by atoms with Gasteiger partial charge in [0.25, 0.3) is 0 Å². The van der Waals surface area contributed by atoms with Crippen LogP contribution in [0.3, 0.4) is 0 Å². The van der Waals surface area contributed by atoms with Gasteiger partial charge in [-0.25, -0.2) is 9.89 Å². The van der Waals surface area contributed by atoms with E-state index in [0.717, 1.165) is 30.0 Å². The molecule has 158 valence electrons. The highest BCUT2D eigenvalue weighted by Gasteiger charge is 2.26. The topological polar surface area (TPSA) is 75.2 Å². The van der Waals surface area contributed by atoms with Gasteiger partial charge in [0.05, 0.1) is 6.10 Å². The number of anilines is 1. The summed E-state index contributed by atoms with van der Waals surface area (Å²) in [7, 11) is 4.06. The molecule has 1 aliphatic heterocycles. The number of ether oxygens (including phenoxy) is 1. The fraction of sp³-hybridized carbons (Fsp3) is 0.364. The lowest BCUT2D eigenvalue weighted by Crippen LogP contribution is -2.20. The van der Waals surface area contributed by atoms with Crippen molar-refractivity contribution in [1.29, 1.82) is 0 Å². The van der Waals surface area contributed by atoms with Crippen LogP contribution in [0.1, 0.15) is 17.4 Å². The Morgan fingerprint density at radius 1 is 1.17 bits per heavy atom. The minimum Gasteiger partial charge on any atom is -0.378 e. The van der Waals surface area contributed by atoms with E-state index in [1.165, 1.54) is 5.56 Å². The second-order valence-electron chi connectivity index (χ2n) is 7.54. The van der Waals surface area contributed by atoms with Crippen LogP contribution in [0.5, 0.6) is 0 Å². The average Bonchev–Trinajstić information content (AvgIpc) is 3.38. The monoisotopic (exact) mass is 425 g/mol. The Kier molecular flexibility index (Phi) is 6.56. The number of H-pyrrole nitrogens is 1. The molecule has 4 rings (SSSR count). The first-order valence-corrected chi connectivity index (χ1v) is 11.1. The van der Waals surface area contributed by atoms with Crippen molar-refractivity contribution < 1.29 is 4.74 Å². The van der Waals surface area contributed by atoms with E-state index in [0.29, 0.717) is 11.7 Å². The van der Waals surface area contributed by atoms with Crippen molar-refractivity contribution in [2.45, 2.75) is 30.5 Å². The second kappa shape index (κ2) is 9.51. The Balaban J connectivity index is 1.32. The molecular formula is C22H27N5O2S. The number of nitrogens with zero attached hydrogens (tertiary/aromatic N) is 3. The lowest BCUT2D eigenvalue weighted by molar-refractivity contribution is 0.0534. The van der Waals surface area contributed by atoms with Crippen molar-refractivity contribution in [3.05, 3.63) is 76.2 Å². The molecular weight excluding hydrogens is 398 g/mol. The van der Waals surface area contributed by atoms with Gasteiger partial charge in [-0.2, -0.15) is 0 Å². The number of thioether (sulfide) groups is 1. The first kappa shape index (κ1) is 20.7. The van der Waals surface area contributed by atoms with Gasteiger partial charge in [-0.3, -0.25) is 9.88 Å². The quantitative estimate of drug-likeness (QED) is 0.541. The van der Waals surface area contributed by atoms with Gasteiger partial charge in [0, 0.05) is 38.6 Å². The third-order valence-electron chi connectivity index (χ3n) is 5.16. The molecule has 0 unspecified atom stereocenters. The molecule has 0 saturated carbocycles. The predicted octanol–water partition coefficient (Wildman–Crippen LogP) is 2.66. The summed E-state index contributed by atoms with van der Waals surface area (Å²) >= 11 is 1.55. The number of aromatic amines is 1. The highest BCUT2D eigenvalue weighted by Crippen LogP contribution is 2.26. The van der Waals surface area contributed by atoms with E-state index in [1.807, 2.05) is 32.3 Å². The number of hydrogen-bond acceptors (Lipinski definition) is 6. The summed E-state index contributed by atoms with van der Waals surface area (Å²) in [6.07, 6.45) is 0.745. The van der Waals surface area contributed by atoms with Crippen LogP contribution in [0.15, 0.2) is 64.5 Å². The summed E-state index contributed by atoms with van der Waals surface area (Å²) < 4.78 is 7.88. The van der Waals surface area contributed by atoms with Crippen LogP contribution < -0.4 is 15.9 Å². The molecule has 0 bridgehead atoms. The van der Waals surface area contributed by atoms with Gasteiger partial charge in [-0.1, -0.05) is 54.2 Å². The van der Waals surface area contributed by atoms with Crippen LogP contribution in [-0.2, 0) is 17.7 Å². The molecule has 2 heterocycles. The highest BCUT2D eigenvalue weighted by atomic mass is 32.2. The molecule has 1 aliphatic rings. The van der Waals surface area contributed by atoms with Crippen molar-refractivity contribution in [2.75, 3.05) is 31.3 Å². The van der Waals surface area contributed by atoms with Crippen LogP contribution in [0, 0.1) is 0 Å². The van der Waals surface area contributed by atoms with Gasteiger partial charge < -0.3 is 9.64 Å². The van der Waals surface area contributed by atoms with Gasteiger partial charge in [0.1, 0.15) is 6.23 Å². The predicted molar refractivity (Wildman–Crippen MR) is 120 cm³/mol. The molecule has 1 saturated heterocycles. The van der Waals surface area contributed by atoms with Gasteiger partial charge in [0.15, 0.2) is 5.16 Å². The zero-order valence-electron chi connectivity index (χ0n) is 17.2. The largest absolute Gasteiger partial charge is 0.378 e. The molecule has 2 aromatic carbocycles. The number of nitrogens with one attached hydrogen (secondary N) is 2. The Hall–Kier alpha value is -2.55. The third-order valence-corrected chi connectivity index (χ3v) is 6.27. The Morgan fingerprint density at radius 3 is 2.67 bits per heavy atom. The Bertz CT molecular complexity index is 1000. The highest BCUT2D eigenvalue weighted by molar-refractivity contribution is 7.99. The van der Waals surface area contributed by atoms with Crippen LogP contribution in [0.4, 0.5) is 5.69 Å². The van der Waals surface area contributed by atoms with E-state index in [4.69, 9.17) is 4.74 Å². The summed E-state index contributed by atoms with van der Waals surface area (Å²) in [6.45, 7) is 1.37. The summed E-state index contributed by atoms with van der Waals surface area (Å²) in [5.41, 5.74) is 3.31. The Morgan fingerprint density at radius 2 is 1.93 bits per heavy atom. The smallest absolute Gasteiger partial charge is 0.343 e. The number of rotatable bonds is 8. The lowest BCUT2D eigenvalue weighted by atomic mass is 10.1. The standard InChI is InChI=1S/C22H27N5O2S/c1-26(2)18-10-8-17(9-11-18)20-23-14-19(29-20)15-30-22-25-24-21(28)27(22)13-12-16-6-4-3-5-7-16/h3-11,19-20,23H,12-15H2,1-2H3,(H,24,28)/t19-,20+/m1/s1. The maximum absolute atomic E-state index is 12.2. The van der Waals surface area contributed by atoms with E-state index >= 15 is 0 Å². The molecule has 3 aromatic rings. The number of benzene rings is 2. The van der Waals surface area contributed by atoms with E-state index in [9.17, 15) is 4.79 Å². The second-order valence-corrected chi connectivity index (χ2v) is 8.53. The lowest BCUT2D eigenvalue weighted by Gasteiger charge is -2.16. The summed E-state index contributed by atoms with van der Waals surface area (Å²) in [6, 6.07) is 18.5. The zero-order valence-corrected chi connectivity index (χ0v) is 18.1. The number of hydrogen-bond donors (Lipinski definition) is 2. The van der Waals surface area contributed by atoms with Crippen molar-refractivity contribution in [2.24, 2.45) is 0 Å². The zero-order chi connectivity index (χ0) is 20.9. The van der Waals surface area contributed by atoms with E-state index in [1.54, 1.807) is 16.3 Å². The van der Waals surface area contributed by atoms with E-state index in [-0.39, 0.29) is 18.0 Å². The molecule has 0 aliphatic carbocycles. The van der Waals surface area contributed by atoms with Crippen LogP contribution in [0.25, 0.3) is 0 Å². The summed E-state index contributed by atoms with van der Waals surface area (Å²) in [5.74, 6) is 0.731. The molecule has 30 heavy (non-hydrogen) atoms. The third kappa shape index (κ3) is 4.95. The van der Waals surface area contributed by atoms with Crippen molar-refractivity contribution in [1.82, 2.24) is 20.1 Å². The summed E-state index contributed by atoms with van der Waals surface area (Å²) in [4.78, 5) is 14.2. The molecule has 1 aromatic heterocycles. The van der Waals surface area contributed by atoms with Crippen molar-refractivity contribution >= 4 is 17.4 Å². The van der Waals surface area contributed by atoms with Crippen LogP contribution >= 0.6 is 11.8 Å². The van der Waals surface area contributed by atoms with Gasteiger partial charge >= 0.3 is 5.69 Å². The van der Waals surface area contributed by atoms with Gasteiger partial charge in [0.2, 0.25) is 0 Å². The van der Waals surface area contributed by atoms with Crippen LogP contribution in [-0.4, -0.2) is 47.3 Å². The SMILES string of the molecule is CN(C)c1ccc([C@H]2NC[C@H](CSc3n[nH]c(=O)n3CCc3ccccc3)O2)cc1. The van der Waals surface area contributed by atoms with E-state index in [2.05, 4.69) is 56.8 Å². The molecule has 0 amide bonds.